The maximum Gasteiger partial charge on any atom is 0.295 e. The van der Waals surface area contributed by atoms with Gasteiger partial charge < -0.3 is 14.7 Å². The average Bonchev–Trinajstić information content (AvgIpc) is 3.18. The van der Waals surface area contributed by atoms with Gasteiger partial charge in [-0.05, 0) is 60.9 Å². The van der Waals surface area contributed by atoms with Crippen molar-refractivity contribution in [2.24, 2.45) is 0 Å². The minimum absolute atomic E-state index is 0.0659. The molecule has 0 aliphatic carbocycles. The van der Waals surface area contributed by atoms with Crippen molar-refractivity contribution < 1.29 is 19.4 Å². The van der Waals surface area contributed by atoms with Crippen molar-refractivity contribution in [3.8, 4) is 5.75 Å². The summed E-state index contributed by atoms with van der Waals surface area (Å²) in [4.78, 5) is 32.1. The van der Waals surface area contributed by atoms with Crippen LogP contribution in [0.25, 0.3) is 5.76 Å². The van der Waals surface area contributed by atoms with Crippen LogP contribution in [0.2, 0.25) is 0 Å². The number of rotatable bonds is 7. The van der Waals surface area contributed by atoms with Crippen molar-refractivity contribution in [3.63, 3.8) is 0 Å². The zero-order valence-corrected chi connectivity index (χ0v) is 21.3. The van der Waals surface area contributed by atoms with Crippen molar-refractivity contribution >= 4 is 17.4 Å². The number of aliphatic hydroxyl groups excluding tert-OH is 1. The van der Waals surface area contributed by atoms with Crippen molar-refractivity contribution in [2.75, 3.05) is 0 Å². The van der Waals surface area contributed by atoms with Gasteiger partial charge in [0.15, 0.2) is 0 Å². The fourth-order valence-electron chi connectivity index (χ4n) is 4.66. The van der Waals surface area contributed by atoms with Crippen molar-refractivity contribution in [2.45, 2.75) is 33.0 Å². The maximum absolute atomic E-state index is 13.3. The Balaban J connectivity index is 1.47. The van der Waals surface area contributed by atoms with Gasteiger partial charge in [0.1, 0.15) is 18.1 Å². The van der Waals surface area contributed by atoms with Crippen LogP contribution in [0.1, 0.15) is 39.4 Å². The zero-order chi connectivity index (χ0) is 26.6. The number of aromatic nitrogens is 1. The Bertz CT molecular complexity index is 1490. The molecular formula is C32H28N2O4. The fourth-order valence-corrected chi connectivity index (χ4v) is 4.66. The van der Waals surface area contributed by atoms with Gasteiger partial charge in [-0.2, -0.15) is 0 Å². The molecule has 1 amide bonds. The first-order valence-corrected chi connectivity index (χ1v) is 12.4. The smallest absolute Gasteiger partial charge is 0.295 e. The fraction of sp³-hybridized carbons (Fsp3) is 0.156. The van der Waals surface area contributed by atoms with Gasteiger partial charge in [-0.3, -0.25) is 14.6 Å². The lowest BCUT2D eigenvalue weighted by atomic mass is 9.94. The van der Waals surface area contributed by atoms with Crippen molar-refractivity contribution in [3.05, 3.63) is 136 Å². The van der Waals surface area contributed by atoms with Gasteiger partial charge in [-0.1, -0.05) is 65.7 Å². The number of amides is 1. The molecular weight excluding hydrogens is 476 g/mol. The standard InChI is InChI=1S/C32H28N2O4/c1-21-8-10-25(11-9-21)29-28(31(36)32(37)34(29)19-24-7-4-16-33-18-24)30(35)26-12-14-27(15-13-26)38-20-23-6-3-5-22(2)17-23/h3-18,29,35H,19-20H2,1-2H3/b30-28+/t29-/m0/s1. The summed E-state index contributed by atoms with van der Waals surface area (Å²) in [5.41, 5.74) is 5.32. The van der Waals surface area contributed by atoms with E-state index in [0.29, 0.717) is 17.9 Å². The Morgan fingerprint density at radius 1 is 0.895 bits per heavy atom. The van der Waals surface area contributed by atoms with Gasteiger partial charge in [-0.15, -0.1) is 0 Å². The van der Waals surface area contributed by atoms with Crippen LogP contribution in [0.15, 0.2) is 103 Å². The molecule has 0 radical (unpaired) electrons. The number of aryl methyl sites for hydroxylation is 2. The lowest BCUT2D eigenvalue weighted by Crippen LogP contribution is -2.29. The van der Waals surface area contributed by atoms with E-state index in [-0.39, 0.29) is 17.9 Å². The third-order valence-corrected chi connectivity index (χ3v) is 6.62. The van der Waals surface area contributed by atoms with E-state index in [4.69, 9.17) is 4.74 Å². The highest BCUT2D eigenvalue weighted by Crippen LogP contribution is 2.40. The highest BCUT2D eigenvalue weighted by molar-refractivity contribution is 6.46. The van der Waals surface area contributed by atoms with E-state index in [1.807, 2.05) is 62.4 Å². The number of carbonyl (C=O) groups is 2. The van der Waals surface area contributed by atoms with E-state index in [1.54, 1.807) is 42.7 Å². The third kappa shape index (κ3) is 5.20. The van der Waals surface area contributed by atoms with Crippen molar-refractivity contribution in [1.29, 1.82) is 0 Å². The lowest BCUT2D eigenvalue weighted by Gasteiger charge is -2.25. The second-order valence-electron chi connectivity index (χ2n) is 9.50. The number of nitrogens with zero attached hydrogens (tertiary/aromatic N) is 2. The topological polar surface area (TPSA) is 79.7 Å². The van der Waals surface area contributed by atoms with Gasteiger partial charge in [-0.25, -0.2) is 0 Å². The Morgan fingerprint density at radius 2 is 1.63 bits per heavy atom. The van der Waals surface area contributed by atoms with E-state index in [9.17, 15) is 14.7 Å². The van der Waals surface area contributed by atoms with Crippen LogP contribution in [-0.4, -0.2) is 26.7 Å². The summed E-state index contributed by atoms with van der Waals surface area (Å²) in [6, 6.07) is 25.5. The molecule has 1 atom stereocenters. The molecule has 190 valence electrons. The summed E-state index contributed by atoms with van der Waals surface area (Å²) in [5, 5.41) is 11.3. The zero-order valence-electron chi connectivity index (χ0n) is 21.3. The lowest BCUT2D eigenvalue weighted by molar-refractivity contribution is -0.140. The molecule has 0 saturated carbocycles. The molecule has 0 unspecified atom stereocenters. The summed E-state index contributed by atoms with van der Waals surface area (Å²) in [5.74, 6) is -0.946. The normalized spacial score (nSPS) is 16.6. The SMILES string of the molecule is Cc1ccc([C@H]2/C(=C(\O)c3ccc(OCc4cccc(C)c4)cc3)C(=O)C(=O)N2Cc2cccnc2)cc1. The van der Waals surface area contributed by atoms with Gasteiger partial charge in [0.2, 0.25) is 0 Å². The van der Waals surface area contributed by atoms with E-state index in [0.717, 1.165) is 27.8 Å². The molecule has 1 aliphatic heterocycles. The number of Topliss-reactive ketones (excluding diaryl/α,β-unsaturated/α-hetero) is 1. The second kappa shape index (κ2) is 10.7. The van der Waals surface area contributed by atoms with Gasteiger partial charge >= 0.3 is 0 Å². The van der Waals surface area contributed by atoms with Gasteiger partial charge in [0, 0.05) is 24.5 Å². The molecule has 6 nitrogen and oxygen atoms in total. The molecule has 3 aromatic carbocycles. The molecule has 38 heavy (non-hydrogen) atoms. The molecule has 1 N–H and O–H groups in total. The van der Waals surface area contributed by atoms with Crippen LogP contribution in [0, 0.1) is 13.8 Å². The Kier molecular flexibility index (Phi) is 7.05. The summed E-state index contributed by atoms with van der Waals surface area (Å²) in [6.07, 6.45) is 3.32. The first-order chi connectivity index (χ1) is 18.4. The molecule has 1 aliphatic rings. The van der Waals surface area contributed by atoms with Crippen LogP contribution >= 0.6 is 0 Å². The number of pyridine rings is 1. The molecule has 0 bridgehead atoms. The highest BCUT2D eigenvalue weighted by Gasteiger charge is 2.46. The molecule has 1 saturated heterocycles. The van der Waals surface area contributed by atoms with Crippen LogP contribution in [-0.2, 0) is 22.7 Å². The van der Waals surface area contributed by atoms with E-state index in [2.05, 4.69) is 11.1 Å². The van der Waals surface area contributed by atoms with E-state index >= 15 is 0 Å². The number of ketones is 1. The molecule has 2 heterocycles. The largest absolute Gasteiger partial charge is 0.507 e. The van der Waals surface area contributed by atoms with Gasteiger partial charge in [0.05, 0.1) is 11.6 Å². The average molecular weight is 505 g/mol. The second-order valence-corrected chi connectivity index (χ2v) is 9.50. The predicted molar refractivity (Wildman–Crippen MR) is 145 cm³/mol. The molecule has 4 aromatic rings. The summed E-state index contributed by atoms with van der Waals surface area (Å²) >= 11 is 0. The monoisotopic (exact) mass is 504 g/mol. The van der Waals surface area contributed by atoms with Gasteiger partial charge in [0.25, 0.3) is 11.7 Å². The predicted octanol–water partition coefficient (Wildman–Crippen LogP) is 5.90. The molecule has 6 heteroatoms. The van der Waals surface area contributed by atoms with Crippen LogP contribution in [0.4, 0.5) is 0 Å². The highest BCUT2D eigenvalue weighted by atomic mass is 16.5. The van der Waals surface area contributed by atoms with Crippen molar-refractivity contribution in [1.82, 2.24) is 9.88 Å². The third-order valence-electron chi connectivity index (χ3n) is 6.62. The number of likely N-dealkylation sites (tertiary alicyclic amines) is 1. The molecule has 1 fully saturated rings. The minimum atomic E-state index is -0.729. The summed E-state index contributed by atoms with van der Waals surface area (Å²) < 4.78 is 5.90. The Labute approximate surface area is 221 Å². The maximum atomic E-state index is 13.3. The number of hydrogen-bond acceptors (Lipinski definition) is 5. The van der Waals surface area contributed by atoms with Crippen LogP contribution < -0.4 is 4.74 Å². The summed E-state index contributed by atoms with van der Waals surface area (Å²) in [7, 11) is 0. The first-order valence-electron chi connectivity index (χ1n) is 12.4. The molecule has 1 aromatic heterocycles. The number of carbonyl (C=O) groups excluding carboxylic acids is 2. The minimum Gasteiger partial charge on any atom is -0.507 e. The van der Waals surface area contributed by atoms with Crippen LogP contribution in [0.5, 0.6) is 5.75 Å². The molecule has 0 spiro atoms. The van der Waals surface area contributed by atoms with Crippen LogP contribution in [0.3, 0.4) is 0 Å². The molecule has 5 rings (SSSR count). The van der Waals surface area contributed by atoms with E-state index < -0.39 is 17.7 Å². The quantitative estimate of drug-likeness (QED) is 0.193. The summed E-state index contributed by atoms with van der Waals surface area (Å²) in [6.45, 7) is 4.61. The Hall–Kier alpha value is -4.71. The number of benzene rings is 3. The Morgan fingerprint density at radius 3 is 2.32 bits per heavy atom. The van der Waals surface area contributed by atoms with E-state index in [1.165, 1.54) is 4.90 Å². The first kappa shape index (κ1) is 25.0. The number of hydrogen-bond donors (Lipinski definition) is 1. The number of aliphatic hydroxyl groups is 1. The number of ether oxygens (including phenoxy) is 1.